The van der Waals surface area contributed by atoms with Crippen molar-refractivity contribution in [2.24, 2.45) is 5.73 Å². The third-order valence-electron chi connectivity index (χ3n) is 4.16. The SMILES string of the molecule is CC[C@@H](N[C@@H](C)CC(N)=O)c1ccc(Cl)c(C(=O)c2ccccc2)c1F.[HH].[HH]. The summed E-state index contributed by atoms with van der Waals surface area (Å²) in [7, 11) is 0. The summed E-state index contributed by atoms with van der Waals surface area (Å²) < 4.78 is 15.2. The van der Waals surface area contributed by atoms with Crippen LogP contribution in [0.25, 0.3) is 0 Å². The normalized spacial score (nSPS) is 13.2. The largest absolute Gasteiger partial charge is 0.370 e. The fourth-order valence-electron chi connectivity index (χ4n) is 2.91. The van der Waals surface area contributed by atoms with E-state index in [4.69, 9.17) is 17.3 Å². The summed E-state index contributed by atoms with van der Waals surface area (Å²) in [5.74, 6) is -1.54. The van der Waals surface area contributed by atoms with E-state index in [1.54, 1.807) is 43.3 Å². The van der Waals surface area contributed by atoms with E-state index >= 15 is 4.39 Å². The van der Waals surface area contributed by atoms with Crippen LogP contribution in [0, 0.1) is 5.82 Å². The smallest absolute Gasteiger partial charge is 0.218 e. The van der Waals surface area contributed by atoms with Crippen LogP contribution in [0.1, 0.15) is 57.1 Å². The number of nitrogens with two attached hydrogens (primary N) is 1. The van der Waals surface area contributed by atoms with Crippen LogP contribution in [-0.2, 0) is 4.79 Å². The van der Waals surface area contributed by atoms with Gasteiger partial charge in [0.25, 0.3) is 0 Å². The van der Waals surface area contributed by atoms with Gasteiger partial charge >= 0.3 is 0 Å². The highest BCUT2D eigenvalue weighted by Gasteiger charge is 2.24. The summed E-state index contributed by atoms with van der Waals surface area (Å²) in [5, 5.41) is 3.25. The van der Waals surface area contributed by atoms with E-state index in [0.29, 0.717) is 17.5 Å². The predicted molar refractivity (Wildman–Crippen MR) is 105 cm³/mol. The van der Waals surface area contributed by atoms with Crippen LogP contribution in [0.3, 0.4) is 0 Å². The maximum Gasteiger partial charge on any atom is 0.218 e. The fraction of sp³-hybridized carbons (Fsp3) is 0.300. The zero-order valence-corrected chi connectivity index (χ0v) is 15.5. The minimum absolute atomic E-state index is 0. The summed E-state index contributed by atoms with van der Waals surface area (Å²) in [5.41, 5.74) is 5.78. The molecule has 2 rings (SSSR count). The van der Waals surface area contributed by atoms with Gasteiger partial charge < -0.3 is 11.1 Å². The monoisotopic (exact) mass is 380 g/mol. The lowest BCUT2D eigenvalue weighted by atomic mass is 9.95. The van der Waals surface area contributed by atoms with Gasteiger partial charge in [-0.1, -0.05) is 54.9 Å². The maximum absolute atomic E-state index is 15.2. The number of halogens is 2. The molecule has 0 heterocycles. The Bertz CT molecular complexity index is 806. The Morgan fingerprint density at radius 2 is 1.88 bits per heavy atom. The summed E-state index contributed by atoms with van der Waals surface area (Å²) in [6, 6.07) is 10.9. The van der Waals surface area contributed by atoms with Crippen molar-refractivity contribution < 1.29 is 16.8 Å². The molecule has 3 N–H and O–H groups in total. The first-order valence-electron chi connectivity index (χ1n) is 8.47. The molecule has 0 saturated heterocycles. The second kappa shape index (κ2) is 8.92. The molecule has 2 atom stereocenters. The summed E-state index contributed by atoms with van der Waals surface area (Å²) in [4.78, 5) is 23.8. The van der Waals surface area contributed by atoms with Crippen molar-refractivity contribution >= 4 is 23.3 Å². The van der Waals surface area contributed by atoms with Crippen molar-refractivity contribution in [1.82, 2.24) is 5.32 Å². The quantitative estimate of drug-likeness (QED) is 0.662. The molecular weight excluding hydrogens is 355 g/mol. The first kappa shape index (κ1) is 20.1. The van der Waals surface area contributed by atoms with Crippen LogP contribution in [0.15, 0.2) is 42.5 Å². The molecule has 2 aromatic rings. The van der Waals surface area contributed by atoms with Gasteiger partial charge in [0.1, 0.15) is 5.82 Å². The first-order valence-corrected chi connectivity index (χ1v) is 8.84. The standard InChI is InChI=1S/C20H22ClFN2O2.2H2/c1-3-16(24-12(2)11-17(23)25)14-9-10-15(21)18(19(14)22)20(26)13-7-5-4-6-8-13;;/h4-10,12,16,24H,3,11H2,1-2H3,(H2,23,25);2*1H/t12-,16+;;/m0../s1. The zero-order valence-electron chi connectivity index (χ0n) is 14.8. The van der Waals surface area contributed by atoms with Gasteiger partial charge in [0.2, 0.25) is 5.91 Å². The molecule has 0 fully saturated rings. The molecule has 0 aliphatic carbocycles. The number of amides is 1. The minimum atomic E-state index is -0.642. The number of benzene rings is 2. The van der Waals surface area contributed by atoms with Crippen molar-refractivity contribution in [2.75, 3.05) is 0 Å². The Morgan fingerprint density at radius 1 is 1.23 bits per heavy atom. The molecular formula is C20H26ClFN2O2. The Balaban J connectivity index is 0.00000364. The average Bonchev–Trinajstić information content (AvgIpc) is 2.60. The molecule has 6 heteroatoms. The molecule has 0 unspecified atom stereocenters. The van der Waals surface area contributed by atoms with Crippen LogP contribution in [0.4, 0.5) is 4.39 Å². The van der Waals surface area contributed by atoms with Gasteiger partial charge in [0, 0.05) is 32.5 Å². The van der Waals surface area contributed by atoms with Crippen LogP contribution >= 0.6 is 11.6 Å². The number of ketones is 1. The fourth-order valence-corrected chi connectivity index (χ4v) is 3.14. The predicted octanol–water partition coefficient (Wildman–Crippen LogP) is 4.51. The molecule has 0 bridgehead atoms. The van der Waals surface area contributed by atoms with E-state index in [1.165, 1.54) is 6.07 Å². The van der Waals surface area contributed by atoms with E-state index in [9.17, 15) is 9.59 Å². The van der Waals surface area contributed by atoms with Crippen LogP contribution < -0.4 is 11.1 Å². The third kappa shape index (κ3) is 4.68. The zero-order chi connectivity index (χ0) is 19.3. The lowest BCUT2D eigenvalue weighted by molar-refractivity contribution is -0.118. The lowest BCUT2D eigenvalue weighted by Gasteiger charge is -2.23. The summed E-state index contributed by atoms with van der Waals surface area (Å²) >= 11 is 6.13. The Kier molecular flexibility index (Phi) is 6.89. The summed E-state index contributed by atoms with van der Waals surface area (Å²) in [6.45, 7) is 3.69. The Labute approximate surface area is 160 Å². The number of rotatable bonds is 8. The number of hydrogen-bond acceptors (Lipinski definition) is 3. The van der Waals surface area contributed by atoms with Gasteiger partial charge in [-0.3, -0.25) is 9.59 Å². The van der Waals surface area contributed by atoms with Gasteiger partial charge in [-0.15, -0.1) is 0 Å². The van der Waals surface area contributed by atoms with Crippen molar-refractivity contribution in [1.29, 1.82) is 0 Å². The second-order valence-corrected chi connectivity index (χ2v) is 6.63. The van der Waals surface area contributed by atoms with Crippen LogP contribution in [0.5, 0.6) is 0 Å². The number of carbonyl (C=O) groups is 2. The van der Waals surface area contributed by atoms with Gasteiger partial charge in [0.15, 0.2) is 5.78 Å². The maximum atomic E-state index is 15.2. The number of hydrogen-bond donors (Lipinski definition) is 2. The highest BCUT2D eigenvalue weighted by atomic mass is 35.5. The van der Waals surface area contributed by atoms with Gasteiger partial charge in [0.05, 0.1) is 10.6 Å². The van der Waals surface area contributed by atoms with E-state index in [1.807, 2.05) is 6.92 Å². The van der Waals surface area contributed by atoms with E-state index in [-0.39, 0.29) is 31.9 Å². The van der Waals surface area contributed by atoms with Gasteiger partial charge in [-0.2, -0.15) is 0 Å². The number of carbonyl (C=O) groups excluding carboxylic acids is 2. The molecule has 142 valence electrons. The van der Waals surface area contributed by atoms with Crippen molar-refractivity contribution in [3.8, 4) is 0 Å². The molecule has 2 aromatic carbocycles. The topological polar surface area (TPSA) is 72.2 Å². The van der Waals surface area contributed by atoms with Crippen molar-refractivity contribution in [3.63, 3.8) is 0 Å². The molecule has 26 heavy (non-hydrogen) atoms. The second-order valence-electron chi connectivity index (χ2n) is 6.22. The van der Waals surface area contributed by atoms with Gasteiger partial charge in [-0.25, -0.2) is 4.39 Å². The molecule has 0 radical (unpaired) electrons. The third-order valence-corrected chi connectivity index (χ3v) is 4.48. The van der Waals surface area contributed by atoms with Crippen LogP contribution in [0.2, 0.25) is 5.02 Å². The van der Waals surface area contributed by atoms with Crippen LogP contribution in [-0.4, -0.2) is 17.7 Å². The first-order chi connectivity index (χ1) is 12.3. The highest BCUT2D eigenvalue weighted by Crippen LogP contribution is 2.30. The molecule has 4 nitrogen and oxygen atoms in total. The van der Waals surface area contributed by atoms with Crippen molar-refractivity contribution in [3.05, 3.63) is 70.0 Å². The van der Waals surface area contributed by atoms with E-state index in [0.717, 1.165) is 0 Å². The average molecular weight is 381 g/mol. The van der Waals surface area contributed by atoms with E-state index in [2.05, 4.69) is 5.32 Å². The summed E-state index contributed by atoms with van der Waals surface area (Å²) in [6.07, 6.45) is 0.710. The molecule has 0 aromatic heterocycles. The lowest BCUT2D eigenvalue weighted by Crippen LogP contribution is -2.34. The Hall–Kier alpha value is -2.24. The molecule has 1 amide bonds. The molecule has 0 aliphatic rings. The molecule has 0 saturated carbocycles. The van der Waals surface area contributed by atoms with Crippen molar-refractivity contribution in [2.45, 2.75) is 38.8 Å². The Morgan fingerprint density at radius 3 is 2.46 bits per heavy atom. The van der Waals surface area contributed by atoms with E-state index < -0.39 is 17.5 Å². The van der Waals surface area contributed by atoms with Gasteiger partial charge in [-0.05, 0) is 19.4 Å². The molecule has 0 spiro atoms. The number of primary amides is 1. The minimum Gasteiger partial charge on any atom is -0.370 e. The number of nitrogens with one attached hydrogen (secondary N) is 1. The highest BCUT2D eigenvalue weighted by molar-refractivity contribution is 6.35. The molecule has 0 aliphatic heterocycles.